The van der Waals surface area contributed by atoms with Crippen LogP contribution in [0, 0.1) is 0 Å². The first-order valence-electron chi connectivity index (χ1n) is 4.22. The highest BCUT2D eigenvalue weighted by Crippen LogP contribution is 2.21. The van der Waals surface area contributed by atoms with Crippen LogP contribution in [-0.4, -0.2) is 12.3 Å². The van der Waals surface area contributed by atoms with Crippen LogP contribution < -0.4 is 5.73 Å². The van der Waals surface area contributed by atoms with Gasteiger partial charge < -0.3 is 5.73 Å². The molecule has 0 unspecified atom stereocenters. The van der Waals surface area contributed by atoms with Crippen LogP contribution in [0.4, 0.5) is 0 Å². The van der Waals surface area contributed by atoms with Crippen molar-refractivity contribution in [2.45, 2.75) is 19.1 Å². The van der Waals surface area contributed by atoms with E-state index in [4.69, 9.17) is 5.73 Å². The highest BCUT2D eigenvalue weighted by atomic mass is 32.2. The summed E-state index contributed by atoms with van der Waals surface area (Å²) < 4.78 is 0. The Morgan fingerprint density at radius 2 is 2.17 bits per heavy atom. The average Bonchev–Trinajstić information content (AvgIpc) is 2.53. The van der Waals surface area contributed by atoms with Gasteiger partial charge in [0.1, 0.15) is 0 Å². The first-order valence-corrected chi connectivity index (χ1v) is 6.19. The lowest BCUT2D eigenvalue weighted by Gasteiger charge is -1.94. The largest absolute Gasteiger partial charge is 0.330 e. The van der Waals surface area contributed by atoms with Gasteiger partial charge in [-0.2, -0.15) is 11.8 Å². The summed E-state index contributed by atoms with van der Waals surface area (Å²) in [5.41, 5.74) is 5.41. The topological polar surface area (TPSA) is 26.0 Å². The lowest BCUT2D eigenvalue weighted by Crippen LogP contribution is -2.00. The summed E-state index contributed by atoms with van der Waals surface area (Å²) in [5.74, 6) is 2.20. The molecule has 0 aliphatic rings. The zero-order chi connectivity index (χ0) is 8.81. The van der Waals surface area contributed by atoms with E-state index in [1.54, 1.807) is 0 Å². The average molecular weight is 201 g/mol. The summed E-state index contributed by atoms with van der Waals surface area (Å²) in [4.78, 5) is 2.96. The molecule has 0 saturated heterocycles. The molecule has 1 nitrogen and oxygen atoms in total. The molecular formula is C9H15NS2. The second-order valence-electron chi connectivity index (χ2n) is 2.56. The summed E-state index contributed by atoms with van der Waals surface area (Å²) in [6.45, 7) is 2.99. The minimum atomic E-state index is 0.788. The van der Waals surface area contributed by atoms with Crippen molar-refractivity contribution in [3.63, 3.8) is 0 Å². The van der Waals surface area contributed by atoms with Crippen LogP contribution in [0.5, 0.6) is 0 Å². The van der Waals surface area contributed by atoms with Crippen LogP contribution in [0.2, 0.25) is 0 Å². The van der Waals surface area contributed by atoms with Crippen molar-refractivity contribution in [2.24, 2.45) is 5.73 Å². The number of aryl methyl sites for hydroxylation is 1. The van der Waals surface area contributed by atoms with Gasteiger partial charge in [0.2, 0.25) is 0 Å². The second-order valence-corrected chi connectivity index (χ2v) is 4.92. The Kier molecular flexibility index (Phi) is 4.73. The molecule has 0 spiro atoms. The smallest absolute Gasteiger partial charge is 0.0279 e. The molecule has 0 atom stereocenters. The number of hydrogen-bond donors (Lipinski definition) is 1. The van der Waals surface area contributed by atoms with Crippen LogP contribution in [0.15, 0.2) is 12.1 Å². The van der Waals surface area contributed by atoms with Crippen molar-refractivity contribution in [1.82, 2.24) is 0 Å². The zero-order valence-electron chi connectivity index (χ0n) is 7.38. The van der Waals surface area contributed by atoms with Crippen molar-refractivity contribution in [2.75, 3.05) is 12.3 Å². The van der Waals surface area contributed by atoms with Crippen LogP contribution >= 0.6 is 23.1 Å². The van der Waals surface area contributed by atoms with E-state index in [0.29, 0.717) is 0 Å². The van der Waals surface area contributed by atoms with Gasteiger partial charge in [-0.1, -0.05) is 6.92 Å². The third-order valence-electron chi connectivity index (χ3n) is 1.57. The van der Waals surface area contributed by atoms with Crippen LogP contribution in [0.25, 0.3) is 0 Å². The standard InChI is InChI=1S/C9H15NS2/c1-2-8-3-4-9(12-8)7-11-6-5-10/h3-4H,2,5-7,10H2,1H3. The van der Waals surface area contributed by atoms with Gasteiger partial charge in [0, 0.05) is 27.8 Å². The van der Waals surface area contributed by atoms with E-state index >= 15 is 0 Å². The van der Waals surface area contributed by atoms with E-state index in [9.17, 15) is 0 Å². The van der Waals surface area contributed by atoms with Gasteiger partial charge in [-0.3, -0.25) is 0 Å². The fourth-order valence-corrected chi connectivity index (χ4v) is 2.79. The molecule has 1 rings (SSSR count). The van der Waals surface area contributed by atoms with E-state index in [1.165, 1.54) is 9.75 Å². The van der Waals surface area contributed by atoms with Gasteiger partial charge in [-0.05, 0) is 18.6 Å². The molecule has 68 valence electrons. The molecule has 3 heteroatoms. The van der Waals surface area contributed by atoms with Crippen LogP contribution in [0.3, 0.4) is 0 Å². The molecule has 0 aliphatic carbocycles. The summed E-state index contributed by atoms with van der Waals surface area (Å²) >= 11 is 3.84. The normalized spacial score (nSPS) is 10.5. The van der Waals surface area contributed by atoms with Crippen molar-refractivity contribution in [3.8, 4) is 0 Å². The predicted octanol–water partition coefficient (Wildman–Crippen LogP) is 2.50. The maximum absolute atomic E-state index is 5.41. The number of thioether (sulfide) groups is 1. The van der Waals surface area contributed by atoms with Crippen LogP contribution in [-0.2, 0) is 12.2 Å². The fraction of sp³-hybridized carbons (Fsp3) is 0.556. The third kappa shape index (κ3) is 3.17. The Bertz CT molecular complexity index is 220. The SMILES string of the molecule is CCc1ccc(CSCCN)s1. The molecule has 0 radical (unpaired) electrons. The highest BCUT2D eigenvalue weighted by Gasteiger charge is 1.97. The van der Waals surface area contributed by atoms with E-state index in [0.717, 1.165) is 24.5 Å². The van der Waals surface area contributed by atoms with Crippen molar-refractivity contribution >= 4 is 23.1 Å². The number of hydrogen-bond acceptors (Lipinski definition) is 3. The van der Waals surface area contributed by atoms with Gasteiger partial charge in [0.05, 0.1) is 0 Å². The quantitative estimate of drug-likeness (QED) is 0.741. The molecule has 0 aliphatic heterocycles. The third-order valence-corrected chi connectivity index (χ3v) is 4.02. The molecule has 2 N–H and O–H groups in total. The Balaban J connectivity index is 2.31. The Morgan fingerprint density at radius 3 is 2.75 bits per heavy atom. The first kappa shape index (κ1) is 10.1. The minimum absolute atomic E-state index is 0.788. The lowest BCUT2D eigenvalue weighted by molar-refractivity contribution is 1.15. The Hall–Kier alpha value is 0.01000. The van der Waals surface area contributed by atoms with Gasteiger partial charge in [-0.15, -0.1) is 11.3 Å². The maximum atomic E-state index is 5.41. The van der Waals surface area contributed by atoms with E-state index in [-0.39, 0.29) is 0 Å². The zero-order valence-corrected chi connectivity index (χ0v) is 9.01. The van der Waals surface area contributed by atoms with E-state index < -0.39 is 0 Å². The Morgan fingerprint density at radius 1 is 1.42 bits per heavy atom. The van der Waals surface area contributed by atoms with Gasteiger partial charge >= 0.3 is 0 Å². The van der Waals surface area contributed by atoms with E-state index in [1.807, 2.05) is 23.1 Å². The fourth-order valence-electron chi connectivity index (χ4n) is 0.946. The molecule has 1 heterocycles. The Labute approximate surface area is 82.4 Å². The van der Waals surface area contributed by atoms with Gasteiger partial charge in [0.15, 0.2) is 0 Å². The molecule has 12 heavy (non-hydrogen) atoms. The lowest BCUT2D eigenvalue weighted by atomic mass is 10.4. The number of rotatable bonds is 5. The summed E-state index contributed by atoms with van der Waals surface area (Å²) in [5, 5.41) is 0. The maximum Gasteiger partial charge on any atom is 0.0279 e. The summed E-state index contributed by atoms with van der Waals surface area (Å²) in [6, 6.07) is 4.45. The molecular weight excluding hydrogens is 186 g/mol. The van der Waals surface area contributed by atoms with Gasteiger partial charge in [0.25, 0.3) is 0 Å². The number of nitrogens with two attached hydrogens (primary N) is 1. The summed E-state index contributed by atoms with van der Waals surface area (Å²) in [6.07, 6.45) is 1.16. The minimum Gasteiger partial charge on any atom is -0.330 e. The predicted molar refractivity (Wildman–Crippen MR) is 58.9 cm³/mol. The molecule has 0 bridgehead atoms. The summed E-state index contributed by atoms with van der Waals surface area (Å²) in [7, 11) is 0. The van der Waals surface area contributed by atoms with E-state index in [2.05, 4.69) is 19.1 Å². The monoisotopic (exact) mass is 201 g/mol. The highest BCUT2D eigenvalue weighted by molar-refractivity contribution is 7.98. The molecule has 0 saturated carbocycles. The van der Waals surface area contributed by atoms with Crippen LogP contribution in [0.1, 0.15) is 16.7 Å². The molecule has 1 aromatic heterocycles. The van der Waals surface area contributed by atoms with Crippen molar-refractivity contribution in [1.29, 1.82) is 0 Å². The van der Waals surface area contributed by atoms with Crippen molar-refractivity contribution in [3.05, 3.63) is 21.9 Å². The molecule has 1 aromatic rings. The second kappa shape index (κ2) is 5.62. The number of thiophene rings is 1. The molecule has 0 aromatic carbocycles. The van der Waals surface area contributed by atoms with Gasteiger partial charge in [-0.25, -0.2) is 0 Å². The molecule has 0 fully saturated rings. The molecule has 0 amide bonds. The van der Waals surface area contributed by atoms with Crippen molar-refractivity contribution < 1.29 is 0 Å². The first-order chi connectivity index (χ1) is 5.86.